The molecule has 0 radical (unpaired) electrons. The Kier molecular flexibility index (Phi) is 3.50. The van der Waals surface area contributed by atoms with Gasteiger partial charge < -0.3 is 10.0 Å². The van der Waals surface area contributed by atoms with Crippen molar-refractivity contribution in [1.82, 2.24) is 4.90 Å². The van der Waals surface area contributed by atoms with Gasteiger partial charge in [0.2, 0.25) is 5.91 Å². The molecule has 94 valence electrons. The Morgan fingerprint density at radius 1 is 1.24 bits per heavy atom. The highest BCUT2D eigenvalue weighted by Gasteiger charge is 2.28. The minimum Gasteiger partial charge on any atom is -0.481 e. The Morgan fingerprint density at radius 2 is 1.94 bits per heavy atom. The van der Waals surface area contributed by atoms with Crippen LogP contribution in [0.5, 0.6) is 0 Å². The highest BCUT2D eigenvalue weighted by Crippen LogP contribution is 2.36. The van der Waals surface area contributed by atoms with Crippen LogP contribution in [0.25, 0.3) is 0 Å². The van der Waals surface area contributed by atoms with Crippen molar-refractivity contribution in [2.45, 2.75) is 32.6 Å². The highest BCUT2D eigenvalue weighted by molar-refractivity contribution is 5.89. The SMILES string of the molecule is C/C(=C/C(=O)N1CCC[C@H](C(=O)O)C1)C1CC1. The Bertz CT molecular complexity index is 358. The van der Waals surface area contributed by atoms with Crippen molar-refractivity contribution in [1.29, 1.82) is 0 Å². The molecule has 4 heteroatoms. The summed E-state index contributed by atoms with van der Waals surface area (Å²) in [6.07, 6.45) is 5.55. The predicted molar refractivity (Wildman–Crippen MR) is 63.4 cm³/mol. The zero-order chi connectivity index (χ0) is 12.4. The van der Waals surface area contributed by atoms with Crippen molar-refractivity contribution in [2.75, 3.05) is 13.1 Å². The number of carbonyl (C=O) groups excluding carboxylic acids is 1. The Hall–Kier alpha value is -1.32. The molecule has 1 N–H and O–H groups in total. The van der Waals surface area contributed by atoms with Crippen LogP contribution in [-0.4, -0.2) is 35.0 Å². The number of carboxylic acids is 1. The van der Waals surface area contributed by atoms with Crippen LogP contribution >= 0.6 is 0 Å². The maximum Gasteiger partial charge on any atom is 0.308 e. The zero-order valence-corrected chi connectivity index (χ0v) is 10.2. The average molecular weight is 237 g/mol. The van der Waals surface area contributed by atoms with Gasteiger partial charge in [0.15, 0.2) is 0 Å². The van der Waals surface area contributed by atoms with Crippen molar-refractivity contribution in [2.24, 2.45) is 11.8 Å². The zero-order valence-electron chi connectivity index (χ0n) is 10.2. The first-order valence-electron chi connectivity index (χ1n) is 6.28. The summed E-state index contributed by atoms with van der Waals surface area (Å²) in [6.45, 7) is 3.05. The maximum absolute atomic E-state index is 12.0. The van der Waals surface area contributed by atoms with Gasteiger partial charge in [0.25, 0.3) is 0 Å². The third kappa shape index (κ3) is 3.08. The molecule has 1 saturated heterocycles. The van der Waals surface area contributed by atoms with Crippen LogP contribution in [0.3, 0.4) is 0 Å². The lowest BCUT2D eigenvalue weighted by Crippen LogP contribution is -2.41. The number of hydrogen-bond donors (Lipinski definition) is 1. The monoisotopic (exact) mass is 237 g/mol. The lowest BCUT2D eigenvalue weighted by Gasteiger charge is -2.30. The number of amides is 1. The lowest BCUT2D eigenvalue weighted by molar-refractivity contribution is -0.144. The molecule has 2 rings (SSSR count). The van der Waals surface area contributed by atoms with E-state index in [0.717, 1.165) is 12.0 Å². The third-order valence-electron chi connectivity index (χ3n) is 3.65. The summed E-state index contributed by atoms with van der Waals surface area (Å²) in [4.78, 5) is 24.5. The number of hydrogen-bond acceptors (Lipinski definition) is 2. The lowest BCUT2D eigenvalue weighted by atomic mass is 9.98. The Labute approximate surface area is 101 Å². The molecule has 1 aliphatic carbocycles. The van der Waals surface area contributed by atoms with E-state index in [1.165, 1.54) is 12.8 Å². The van der Waals surface area contributed by atoms with Gasteiger partial charge in [-0.1, -0.05) is 5.57 Å². The van der Waals surface area contributed by atoms with Gasteiger partial charge in [-0.15, -0.1) is 0 Å². The second-order valence-corrected chi connectivity index (χ2v) is 5.12. The fraction of sp³-hybridized carbons (Fsp3) is 0.692. The molecule has 2 fully saturated rings. The molecule has 0 bridgehead atoms. The van der Waals surface area contributed by atoms with Crippen LogP contribution in [0, 0.1) is 11.8 Å². The maximum atomic E-state index is 12.0. The van der Waals surface area contributed by atoms with Crippen LogP contribution in [-0.2, 0) is 9.59 Å². The van der Waals surface area contributed by atoms with E-state index in [2.05, 4.69) is 0 Å². The molecular weight excluding hydrogens is 218 g/mol. The number of carboxylic acid groups (broad SMARTS) is 1. The van der Waals surface area contributed by atoms with Crippen LogP contribution in [0.15, 0.2) is 11.6 Å². The Morgan fingerprint density at radius 3 is 2.53 bits per heavy atom. The van der Waals surface area contributed by atoms with E-state index < -0.39 is 5.97 Å². The first kappa shape index (κ1) is 12.1. The molecule has 0 spiro atoms. The molecule has 2 aliphatic rings. The molecule has 0 aromatic rings. The Balaban J connectivity index is 1.94. The van der Waals surface area contributed by atoms with Crippen molar-refractivity contribution in [3.63, 3.8) is 0 Å². The number of carbonyl (C=O) groups is 2. The molecule has 0 aromatic heterocycles. The molecule has 1 atom stereocenters. The van der Waals surface area contributed by atoms with Gasteiger partial charge in [0, 0.05) is 19.2 Å². The van der Waals surface area contributed by atoms with Gasteiger partial charge in [0.1, 0.15) is 0 Å². The fourth-order valence-corrected chi connectivity index (χ4v) is 2.32. The van der Waals surface area contributed by atoms with E-state index in [1.807, 2.05) is 6.92 Å². The largest absolute Gasteiger partial charge is 0.481 e. The smallest absolute Gasteiger partial charge is 0.308 e. The highest BCUT2D eigenvalue weighted by atomic mass is 16.4. The average Bonchev–Trinajstić information content (AvgIpc) is 3.12. The molecule has 1 aliphatic heterocycles. The van der Waals surface area contributed by atoms with Crippen molar-refractivity contribution in [3.05, 3.63) is 11.6 Å². The molecule has 0 aromatic carbocycles. The summed E-state index contributed by atoms with van der Waals surface area (Å²) in [5, 5.41) is 8.96. The first-order chi connectivity index (χ1) is 8.08. The summed E-state index contributed by atoms with van der Waals surface area (Å²) >= 11 is 0. The van der Waals surface area contributed by atoms with E-state index in [1.54, 1.807) is 11.0 Å². The molecule has 17 heavy (non-hydrogen) atoms. The molecule has 0 unspecified atom stereocenters. The van der Waals surface area contributed by atoms with Crippen LogP contribution in [0.2, 0.25) is 0 Å². The van der Waals surface area contributed by atoms with E-state index in [9.17, 15) is 9.59 Å². The van der Waals surface area contributed by atoms with Crippen molar-refractivity contribution < 1.29 is 14.7 Å². The van der Waals surface area contributed by atoms with Gasteiger partial charge in [-0.2, -0.15) is 0 Å². The summed E-state index contributed by atoms with van der Waals surface area (Å²) < 4.78 is 0. The van der Waals surface area contributed by atoms with E-state index in [-0.39, 0.29) is 11.8 Å². The van der Waals surface area contributed by atoms with Gasteiger partial charge in [-0.3, -0.25) is 9.59 Å². The number of piperidine rings is 1. The minimum absolute atomic E-state index is 0.0136. The van der Waals surface area contributed by atoms with E-state index in [0.29, 0.717) is 25.4 Å². The fourth-order valence-electron chi connectivity index (χ4n) is 2.32. The van der Waals surface area contributed by atoms with Gasteiger partial charge in [-0.25, -0.2) is 0 Å². The topological polar surface area (TPSA) is 57.6 Å². The molecule has 4 nitrogen and oxygen atoms in total. The summed E-state index contributed by atoms with van der Waals surface area (Å²) in [5.74, 6) is -0.591. The molecular formula is C13H19NO3. The normalized spacial score (nSPS) is 25.8. The summed E-state index contributed by atoms with van der Waals surface area (Å²) in [5.41, 5.74) is 1.15. The van der Waals surface area contributed by atoms with Gasteiger partial charge in [-0.05, 0) is 38.5 Å². The van der Waals surface area contributed by atoms with Crippen LogP contribution < -0.4 is 0 Å². The number of nitrogens with zero attached hydrogens (tertiary/aromatic N) is 1. The number of allylic oxidation sites excluding steroid dienone is 1. The van der Waals surface area contributed by atoms with Crippen molar-refractivity contribution in [3.8, 4) is 0 Å². The van der Waals surface area contributed by atoms with Gasteiger partial charge in [0.05, 0.1) is 5.92 Å². The second-order valence-electron chi connectivity index (χ2n) is 5.12. The number of likely N-dealkylation sites (tertiary alicyclic amines) is 1. The molecule has 1 saturated carbocycles. The molecule has 1 amide bonds. The third-order valence-corrected chi connectivity index (χ3v) is 3.65. The minimum atomic E-state index is -0.787. The summed E-state index contributed by atoms with van der Waals surface area (Å²) in [7, 11) is 0. The van der Waals surface area contributed by atoms with Crippen LogP contribution in [0.1, 0.15) is 32.6 Å². The van der Waals surface area contributed by atoms with Crippen LogP contribution in [0.4, 0.5) is 0 Å². The predicted octanol–water partition coefficient (Wildman–Crippen LogP) is 1.67. The standard InChI is InChI=1S/C13H19NO3/c1-9(10-4-5-10)7-12(15)14-6-2-3-11(8-14)13(16)17/h7,10-11H,2-6,8H2,1H3,(H,16,17)/b9-7-/t11-/m0/s1. The van der Waals surface area contributed by atoms with Gasteiger partial charge >= 0.3 is 5.97 Å². The quantitative estimate of drug-likeness (QED) is 0.759. The van der Waals surface area contributed by atoms with E-state index in [4.69, 9.17) is 5.11 Å². The van der Waals surface area contributed by atoms with Crippen molar-refractivity contribution >= 4 is 11.9 Å². The molecule has 1 heterocycles. The number of aliphatic carboxylic acids is 1. The number of rotatable bonds is 3. The first-order valence-corrected chi connectivity index (χ1v) is 6.28. The van der Waals surface area contributed by atoms with E-state index >= 15 is 0 Å². The summed E-state index contributed by atoms with van der Waals surface area (Å²) in [6, 6.07) is 0. The second kappa shape index (κ2) is 4.90.